The Kier molecular flexibility index (Phi) is 5.64. The number of hydrogen-bond acceptors (Lipinski definition) is 6. The number of benzene rings is 1. The van der Waals surface area contributed by atoms with Crippen molar-refractivity contribution in [1.29, 1.82) is 0 Å². The molecule has 2 aliphatic heterocycles. The smallest absolute Gasteiger partial charge is 0.200 e. The molecule has 1 aromatic heterocycles. The first-order valence-corrected chi connectivity index (χ1v) is 10.0. The predicted molar refractivity (Wildman–Crippen MR) is 106 cm³/mol. The third-order valence-corrected chi connectivity index (χ3v) is 5.48. The molecule has 1 aromatic carbocycles. The zero-order valence-electron chi connectivity index (χ0n) is 16.0. The van der Waals surface area contributed by atoms with Crippen molar-refractivity contribution in [1.82, 2.24) is 4.90 Å². The molecule has 3 heterocycles. The lowest BCUT2D eigenvalue weighted by Crippen LogP contribution is -2.36. The Hall–Kier alpha value is -2.05. The normalized spacial score (nSPS) is 18.3. The van der Waals surface area contributed by atoms with Crippen molar-refractivity contribution in [3.8, 4) is 5.75 Å². The van der Waals surface area contributed by atoms with Crippen molar-refractivity contribution in [2.24, 2.45) is 0 Å². The van der Waals surface area contributed by atoms with Gasteiger partial charge in [-0.15, -0.1) is 0 Å². The van der Waals surface area contributed by atoms with Gasteiger partial charge in [0, 0.05) is 31.3 Å². The quantitative estimate of drug-likeness (QED) is 0.777. The molecule has 0 aliphatic carbocycles. The highest BCUT2D eigenvalue weighted by Crippen LogP contribution is 2.30. The number of nitrogens with zero attached hydrogens (tertiary/aromatic N) is 2. The Labute approximate surface area is 159 Å². The number of likely N-dealkylation sites (tertiary alicyclic amines) is 1. The summed E-state index contributed by atoms with van der Waals surface area (Å²) in [6.07, 6.45) is 3.32. The predicted octanol–water partition coefficient (Wildman–Crippen LogP) is 2.67. The Bertz CT molecular complexity index is 836. The molecule has 2 aliphatic rings. The van der Waals surface area contributed by atoms with Gasteiger partial charge in [-0.05, 0) is 44.5 Å². The molecule has 6 heteroatoms. The summed E-state index contributed by atoms with van der Waals surface area (Å²) in [5, 5.41) is 0.621. The average molecular weight is 372 g/mol. The van der Waals surface area contributed by atoms with Crippen molar-refractivity contribution in [2.45, 2.75) is 26.2 Å². The summed E-state index contributed by atoms with van der Waals surface area (Å²) in [7, 11) is 0. The molecule has 0 radical (unpaired) electrons. The maximum atomic E-state index is 12.6. The van der Waals surface area contributed by atoms with Crippen LogP contribution >= 0.6 is 0 Å². The van der Waals surface area contributed by atoms with Gasteiger partial charge in [0.05, 0.1) is 18.6 Å². The van der Waals surface area contributed by atoms with E-state index in [-0.39, 0.29) is 5.43 Å². The molecular weight excluding hydrogens is 344 g/mol. The Morgan fingerprint density at radius 2 is 1.89 bits per heavy atom. The number of anilines is 1. The van der Waals surface area contributed by atoms with Gasteiger partial charge in [0.25, 0.3) is 0 Å². The van der Waals surface area contributed by atoms with Crippen molar-refractivity contribution in [3.05, 3.63) is 34.0 Å². The zero-order chi connectivity index (χ0) is 18.6. The SMILES string of the molecule is CCc1c(OCCN2CCCC2)ccc2c(=O)cc(N3CCOCC3)oc12. The van der Waals surface area contributed by atoms with Gasteiger partial charge in [-0.25, -0.2) is 0 Å². The van der Waals surface area contributed by atoms with Crippen LogP contribution in [0.25, 0.3) is 11.0 Å². The van der Waals surface area contributed by atoms with E-state index >= 15 is 0 Å². The van der Waals surface area contributed by atoms with Crippen LogP contribution in [0, 0.1) is 0 Å². The second-order valence-electron chi connectivity index (χ2n) is 7.22. The monoisotopic (exact) mass is 372 g/mol. The number of fused-ring (bicyclic) bond motifs is 1. The first-order valence-electron chi connectivity index (χ1n) is 10.0. The highest BCUT2D eigenvalue weighted by molar-refractivity contribution is 5.83. The number of aryl methyl sites for hydroxylation is 1. The largest absolute Gasteiger partial charge is 0.492 e. The van der Waals surface area contributed by atoms with Crippen LogP contribution in [0.2, 0.25) is 0 Å². The van der Waals surface area contributed by atoms with Crippen LogP contribution < -0.4 is 15.1 Å². The third kappa shape index (κ3) is 3.96. The fraction of sp³-hybridized carbons (Fsp3) is 0.571. The lowest BCUT2D eigenvalue weighted by atomic mass is 10.1. The molecule has 0 amide bonds. The standard InChI is InChI=1S/C21H28N2O4/c1-2-16-19(26-14-9-22-7-3-4-8-22)6-5-17-18(24)15-20(27-21(16)17)23-10-12-25-13-11-23/h5-6,15H,2-4,7-14H2,1H3. The molecule has 0 N–H and O–H groups in total. The van der Waals surface area contributed by atoms with E-state index in [1.54, 1.807) is 6.07 Å². The van der Waals surface area contributed by atoms with E-state index in [0.29, 0.717) is 36.7 Å². The van der Waals surface area contributed by atoms with E-state index in [9.17, 15) is 4.79 Å². The third-order valence-electron chi connectivity index (χ3n) is 5.48. The summed E-state index contributed by atoms with van der Waals surface area (Å²) < 4.78 is 17.7. The number of ether oxygens (including phenoxy) is 2. The van der Waals surface area contributed by atoms with Gasteiger partial charge in [0.2, 0.25) is 0 Å². The molecule has 4 rings (SSSR count). The average Bonchev–Trinajstić information content (AvgIpc) is 3.22. The first kappa shape index (κ1) is 18.3. The first-order chi connectivity index (χ1) is 13.3. The molecule has 27 heavy (non-hydrogen) atoms. The fourth-order valence-electron chi connectivity index (χ4n) is 3.94. The Morgan fingerprint density at radius 3 is 2.63 bits per heavy atom. The van der Waals surface area contributed by atoms with E-state index in [1.165, 1.54) is 25.9 Å². The molecule has 146 valence electrons. The number of morpholine rings is 1. The van der Waals surface area contributed by atoms with Crippen LogP contribution in [0.5, 0.6) is 5.75 Å². The van der Waals surface area contributed by atoms with E-state index < -0.39 is 0 Å². The van der Waals surface area contributed by atoms with Crippen LogP contribution in [-0.4, -0.2) is 57.4 Å². The van der Waals surface area contributed by atoms with Gasteiger partial charge in [0.1, 0.15) is 17.9 Å². The highest BCUT2D eigenvalue weighted by Gasteiger charge is 2.18. The van der Waals surface area contributed by atoms with Crippen LogP contribution in [0.4, 0.5) is 5.88 Å². The van der Waals surface area contributed by atoms with Crippen LogP contribution in [0.1, 0.15) is 25.3 Å². The summed E-state index contributed by atoms with van der Waals surface area (Å²) in [4.78, 5) is 17.2. The number of rotatable bonds is 6. The molecule has 6 nitrogen and oxygen atoms in total. The van der Waals surface area contributed by atoms with Crippen LogP contribution in [0.15, 0.2) is 27.4 Å². The summed E-state index contributed by atoms with van der Waals surface area (Å²) in [6, 6.07) is 5.34. The van der Waals surface area contributed by atoms with Crippen molar-refractivity contribution in [3.63, 3.8) is 0 Å². The van der Waals surface area contributed by atoms with Crippen molar-refractivity contribution < 1.29 is 13.9 Å². The molecule has 2 fully saturated rings. The maximum Gasteiger partial charge on any atom is 0.200 e. The van der Waals surface area contributed by atoms with Gasteiger partial charge in [-0.3, -0.25) is 9.69 Å². The van der Waals surface area contributed by atoms with Crippen LogP contribution in [0.3, 0.4) is 0 Å². The molecule has 0 bridgehead atoms. The molecular formula is C21H28N2O4. The minimum Gasteiger partial charge on any atom is -0.492 e. The molecule has 0 atom stereocenters. The molecule has 2 saturated heterocycles. The highest BCUT2D eigenvalue weighted by atomic mass is 16.5. The number of hydrogen-bond donors (Lipinski definition) is 0. The fourth-order valence-corrected chi connectivity index (χ4v) is 3.94. The summed E-state index contributed by atoms with van der Waals surface area (Å²) in [5.41, 5.74) is 1.63. The Balaban J connectivity index is 1.61. The lowest BCUT2D eigenvalue weighted by molar-refractivity contribution is 0.121. The second kappa shape index (κ2) is 8.31. The minimum absolute atomic E-state index is 0.00365. The van der Waals surface area contributed by atoms with E-state index in [1.807, 2.05) is 12.1 Å². The topological polar surface area (TPSA) is 55.2 Å². The lowest BCUT2D eigenvalue weighted by Gasteiger charge is -2.27. The van der Waals surface area contributed by atoms with Crippen molar-refractivity contribution in [2.75, 3.05) is 57.4 Å². The van der Waals surface area contributed by atoms with Crippen molar-refractivity contribution >= 4 is 16.9 Å². The van der Waals surface area contributed by atoms with Gasteiger partial charge >= 0.3 is 0 Å². The van der Waals surface area contributed by atoms with Gasteiger partial charge in [-0.1, -0.05) is 6.92 Å². The maximum absolute atomic E-state index is 12.6. The van der Waals surface area contributed by atoms with E-state index in [0.717, 1.165) is 37.4 Å². The molecule has 0 unspecified atom stereocenters. The second-order valence-corrected chi connectivity index (χ2v) is 7.22. The summed E-state index contributed by atoms with van der Waals surface area (Å²) >= 11 is 0. The minimum atomic E-state index is -0.00365. The van der Waals surface area contributed by atoms with Gasteiger partial charge in [-0.2, -0.15) is 0 Å². The van der Waals surface area contributed by atoms with E-state index in [2.05, 4.69) is 16.7 Å². The molecule has 2 aromatic rings. The van der Waals surface area contributed by atoms with Crippen LogP contribution in [-0.2, 0) is 11.2 Å². The Morgan fingerprint density at radius 1 is 1.11 bits per heavy atom. The summed E-state index contributed by atoms with van der Waals surface area (Å²) in [6.45, 7) is 8.79. The summed E-state index contributed by atoms with van der Waals surface area (Å²) in [5.74, 6) is 1.45. The van der Waals surface area contributed by atoms with E-state index in [4.69, 9.17) is 13.9 Å². The zero-order valence-corrected chi connectivity index (χ0v) is 16.0. The molecule has 0 spiro atoms. The molecule has 0 saturated carbocycles. The van der Waals surface area contributed by atoms with Gasteiger partial charge < -0.3 is 18.8 Å². The van der Waals surface area contributed by atoms with Gasteiger partial charge in [0.15, 0.2) is 11.3 Å².